The van der Waals surface area contributed by atoms with E-state index in [1.807, 2.05) is 30.5 Å². The normalized spacial score (nSPS) is 10.8. The summed E-state index contributed by atoms with van der Waals surface area (Å²) in [6, 6.07) is 14.0. The number of H-pyrrole nitrogens is 1. The smallest absolute Gasteiger partial charge is 0.251 e. The number of hydrogen-bond donors (Lipinski definition) is 2. The molecule has 112 valence electrons. The quantitative estimate of drug-likeness (QED) is 0.634. The van der Waals surface area contributed by atoms with Gasteiger partial charge in [0.2, 0.25) is 0 Å². The highest BCUT2D eigenvalue weighted by atomic mass is 127. The summed E-state index contributed by atoms with van der Waals surface area (Å²) in [4.78, 5) is 15.4. The lowest BCUT2D eigenvalue weighted by Gasteiger charge is -2.05. The van der Waals surface area contributed by atoms with Crippen LogP contribution < -0.4 is 5.32 Å². The highest BCUT2D eigenvalue weighted by Gasteiger charge is 2.07. The standard InChI is InChI=1S/C18H17IN2O/c1-12-5-6-17-16(9-12)14(11-21-17)7-8-20-18(22)13-3-2-4-15(19)10-13/h2-6,9-11,21H,7-8H2,1H3,(H,20,22). The number of amides is 1. The van der Waals surface area contributed by atoms with E-state index in [1.54, 1.807) is 0 Å². The van der Waals surface area contributed by atoms with Crippen LogP contribution in [0.3, 0.4) is 0 Å². The Labute approximate surface area is 143 Å². The lowest BCUT2D eigenvalue weighted by atomic mass is 10.1. The zero-order valence-electron chi connectivity index (χ0n) is 12.3. The van der Waals surface area contributed by atoms with Crippen LogP contribution in [0.15, 0.2) is 48.7 Å². The van der Waals surface area contributed by atoms with Crippen LogP contribution in [0.25, 0.3) is 10.9 Å². The molecule has 0 saturated carbocycles. The molecule has 0 aliphatic carbocycles. The molecule has 3 rings (SSSR count). The van der Waals surface area contributed by atoms with Crippen LogP contribution in [-0.4, -0.2) is 17.4 Å². The Morgan fingerprint density at radius 2 is 2.09 bits per heavy atom. The average molecular weight is 404 g/mol. The minimum atomic E-state index is -0.0189. The number of nitrogens with one attached hydrogen (secondary N) is 2. The van der Waals surface area contributed by atoms with E-state index in [0.29, 0.717) is 12.1 Å². The average Bonchev–Trinajstić information content (AvgIpc) is 2.89. The van der Waals surface area contributed by atoms with Crippen molar-refractivity contribution in [3.8, 4) is 0 Å². The van der Waals surface area contributed by atoms with E-state index in [9.17, 15) is 4.79 Å². The molecule has 0 spiro atoms. The maximum Gasteiger partial charge on any atom is 0.251 e. The van der Waals surface area contributed by atoms with Gasteiger partial charge in [-0.15, -0.1) is 0 Å². The third kappa shape index (κ3) is 3.32. The fourth-order valence-electron chi connectivity index (χ4n) is 2.54. The Hall–Kier alpha value is -1.82. The van der Waals surface area contributed by atoms with Crippen LogP contribution in [0.1, 0.15) is 21.5 Å². The molecule has 4 heteroatoms. The summed E-state index contributed by atoms with van der Waals surface area (Å²) >= 11 is 2.21. The van der Waals surface area contributed by atoms with Crippen molar-refractivity contribution < 1.29 is 4.79 Å². The van der Waals surface area contributed by atoms with Gasteiger partial charge in [0.25, 0.3) is 5.91 Å². The highest BCUT2D eigenvalue weighted by molar-refractivity contribution is 14.1. The molecule has 0 aliphatic rings. The van der Waals surface area contributed by atoms with E-state index < -0.39 is 0 Å². The summed E-state index contributed by atoms with van der Waals surface area (Å²) in [7, 11) is 0. The monoisotopic (exact) mass is 404 g/mol. The Morgan fingerprint density at radius 1 is 1.23 bits per heavy atom. The maximum absolute atomic E-state index is 12.1. The Balaban J connectivity index is 1.65. The van der Waals surface area contributed by atoms with Crippen molar-refractivity contribution in [2.45, 2.75) is 13.3 Å². The predicted octanol–water partition coefficient (Wildman–Crippen LogP) is 4.05. The maximum atomic E-state index is 12.1. The second-order valence-electron chi connectivity index (χ2n) is 5.38. The van der Waals surface area contributed by atoms with Gasteiger partial charge in [-0.1, -0.05) is 17.7 Å². The molecule has 2 aromatic carbocycles. The van der Waals surface area contributed by atoms with Crippen LogP contribution in [0.2, 0.25) is 0 Å². The van der Waals surface area contributed by atoms with Gasteiger partial charge in [0.15, 0.2) is 0 Å². The van der Waals surface area contributed by atoms with Gasteiger partial charge in [0, 0.05) is 32.8 Å². The number of benzene rings is 2. The minimum Gasteiger partial charge on any atom is -0.361 e. The number of aromatic amines is 1. The second-order valence-corrected chi connectivity index (χ2v) is 6.62. The van der Waals surface area contributed by atoms with Gasteiger partial charge in [-0.25, -0.2) is 0 Å². The van der Waals surface area contributed by atoms with Gasteiger partial charge in [0.05, 0.1) is 0 Å². The van der Waals surface area contributed by atoms with Gasteiger partial charge in [-0.2, -0.15) is 0 Å². The number of aromatic nitrogens is 1. The molecule has 0 bridgehead atoms. The van der Waals surface area contributed by atoms with E-state index in [4.69, 9.17) is 0 Å². The van der Waals surface area contributed by atoms with Crippen molar-refractivity contribution >= 4 is 39.4 Å². The Morgan fingerprint density at radius 3 is 2.91 bits per heavy atom. The van der Waals surface area contributed by atoms with Gasteiger partial charge in [-0.3, -0.25) is 4.79 Å². The number of aryl methyl sites for hydroxylation is 1. The van der Waals surface area contributed by atoms with Crippen molar-refractivity contribution in [1.29, 1.82) is 0 Å². The molecule has 3 nitrogen and oxygen atoms in total. The molecular formula is C18H17IN2O. The third-order valence-electron chi connectivity index (χ3n) is 3.69. The SMILES string of the molecule is Cc1ccc2[nH]cc(CCNC(=O)c3cccc(I)c3)c2c1. The molecule has 0 aliphatic heterocycles. The second kappa shape index (κ2) is 6.52. The minimum absolute atomic E-state index is 0.0189. The molecule has 0 fully saturated rings. The van der Waals surface area contributed by atoms with Gasteiger partial charge < -0.3 is 10.3 Å². The molecule has 0 radical (unpaired) electrons. The summed E-state index contributed by atoms with van der Waals surface area (Å²) in [5.41, 5.74) is 4.34. The number of carbonyl (C=O) groups is 1. The molecule has 1 aromatic heterocycles. The summed E-state index contributed by atoms with van der Waals surface area (Å²) in [5.74, 6) is -0.0189. The highest BCUT2D eigenvalue weighted by Crippen LogP contribution is 2.19. The van der Waals surface area contributed by atoms with Crippen LogP contribution in [0, 0.1) is 10.5 Å². The van der Waals surface area contributed by atoms with E-state index in [-0.39, 0.29) is 5.91 Å². The molecule has 1 amide bonds. The summed E-state index contributed by atoms with van der Waals surface area (Å²) < 4.78 is 1.07. The lowest BCUT2D eigenvalue weighted by molar-refractivity contribution is 0.0954. The van der Waals surface area contributed by atoms with Crippen LogP contribution in [-0.2, 0) is 6.42 Å². The van der Waals surface area contributed by atoms with E-state index >= 15 is 0 Å². The molecule has 1 heterocycles. The fourth-order valence-corrected chi connectivity index (χ4v) is 3.08. The first-order chi connectivity index (χ1) is 10.6. The molecular weight excluding hydrogens is 387 g/mol. The summed E-state index contributed by atoms with van der Waals surface area (Å²) in [6.45, 7) is 2.72. The van der Waals surface area contributed by atoms with Crippen LogP contribution in [0.5, 0.6) is 0 Å². The third-order valence-corrected chi connectivity index (χ3v) is 4.36. The predicted molar refractivity (Wildman–Crippen MR) is 98.2 cm³/mol. The topological polar surface area (TPSA) is 44.9 Å². The Kier molecular flexibility index (Phi) is 4.47. The van der Waals surface area contributed by atoms with Crippen molar-refractivity contribution in [2.75, 3.05) is 6.54 Å². The van der Waals surface area contributed by atoms with Gasteiger partial charge in [0.1, 0.15) is 0 Å². The largest absolute Gasteiger partial charge is 0.361 e. The van der Waals surface area contributed by atoms with E-state index in [0.717, 1.165) is 15.5 Å². The number of hydrogen-bond acceptors (Lipinski definition) is 1. The number of halogens is 1. The van der Waals surface area contributed by atoms with Crippen molar-refractivity contribution in [1.82, 2.24) is 10.3 Å². The number of carbonyl (C=O) groups excluding carboxylic acids is 1. The first-order valence-corrected chi connectivity index (χ1v) is 8.32. The molecule has 3 aromatic rings. The zero-order chi connectivity index (χ0) is 15.5. The van der Waals surface area contributed by atoms with Crippen LogP contribution in [0.4, 0.5) is 0 Å². The van der Waals surface area contributed by atoms with Gasteiger partial charge in [-0.05, 0) is 71.8 Å². The lowest BCUT2D eigenvalue weighted by Crippen LogP contribution is -2.25. The fraction of sp³-hybridized carbons (Fsp3) is 0.167. The van der Waals surface area contributed by atoms with Crippen molar-refractivity contribution in [3.63, 3.8) is 0 Å². The van der Waals surface area contributed by atoms with Crippen LogP contribution >= 0.6 is 22.6 Å². The van der Waals surface area contributed by atoms with E-state index in [2.05, 4.69) is 58.0 Å². The Bertz CT molecular complexity index is 823. The summed E-state index contributed by atoms with van der Waals surface area (Å²) in [5, 5.41) is 4.23. The molecule has 0 atom stereocenters. The molecule has 22 heavy (non-hydrogen) atoms. The number of rotatable bonds is 4. The van der Waals surface area contributed by atoms with Gasteiger partial charge >= 0.3 is 0 Å². The first-order valence-electron chi connectivity index (χ1n) is 7.24. The van der Waals surface area contributed by atoms with Crippen molar-refractivity contribution in [3.05, 3.63) is 68.9 Å². The van der Waals surface area contributed by atoms with Crippen molar-refractivity contribution in [2.24, 2.45) is 0 Å². The first kappa shape index (κ1) is 15.1. The zero-order valence-corrected chi connectivity index (χ0v) is 14.5. The molecule has 0 saturated heterocycles. The summed E-state index contributed by atoms with van der Waals surface area (Å²) in [6.07, 6.45) is 2.85. The molecule has 2 N–H and O–H groups in total. The molecule has 0 unspecified atom stereocenters. The number of fused-ring (bicyclic) bond motifs is 1. The van der Waals surface area contributed by atoms with E-state index in [1.165, 1.54) is 16.5 Å².